The second kappa shape index (κ2) is 7.14. The van der Waals surface area contributed by atoms with E-state index in [2.05, 4.69) is 5.32 Å². The molecule has 1 amide bonds. The number of carbonyl (C=O) groups is 1. The number of imidazole rings is 1. The number of benzene rings is 1. The van der Waals surface area contributed by atoms with Crippen molar-refractivity contribution in [3.63, 3.8) is 0 Å². The summed E-state index contributed by atoms with van der Waals surface area (Å²) < 4.78 is 1.94. The predicted molar refractivity (Wildman–Crippen MR) is 107 cm³/mol. The van der Waals surface area contributed by atoms with Crippen LogP contribution in [0.5, 0.6) is 0 Å². The Morgan fingerprint density at radius 2 is 1.92 bits per heavy atom. The summed E-state index contributed by atoms with van der Waals surface area (Å²) in [4.78, 5) is 18.8. The Bertz CT molecular complexity index is 1020. The first-order valence-electron chi connectivity index (χ1n) is 8.64. The Hall–Kier alpha value is -2.92. The number of anilines is 1. The molecule has 0 bridgehead atoms. The fourth-order valence-corrected chi connectivity index (χ4v) is 3.88. The second-order valence-corrected chi connectivity index (χ2v) is 7.02. The van der Waals surface area contributed by atoms with Crippen LogP contribution in [0.4, 0.5) is 5.82 Å². The highest BCUT2D eigenvalue weighted by atomic mass is 32.1. The van der Waals surface area contributed by atoms with Gasteiger partial charge in [0.2, 0.25) is 5.91 Å². The van der Waals surface area contributed by atoms with Crippen LogP contribution < -0.4 is 5.32 Å². The number of rotatable bonds is 5. The Morgan fingerprint density at radius 1 is 1.12 bits per heavy atom. The number of nitrogens with one attached hydrogen (secondary N) is 1. The third-order valence-electron chi connectivity index (χ3n) is 4.45. The van der Waals surface area contributed by atoms with Crippen LogP contribution in [0.25, 0.3) is 16.2 Å². The molecule has 4 aromatic rings. The summed E-state index contributed by atoms with van der Waals surface area (Å²) >= 11 is 1.62. The SMILES string of the molecule is CC[C@@H](C(=O)Nc1c(-c2cccs2)nc2ccccn12)c1ccccc1. The standard InChI is InChI=1S/C21H19N3OS/c1-2-16(15-9-4-3-5-10-15)21(25)23-20-19(17-11-8-14-26-17)22-18-12-6-7-13-24(18)20/h3-14,16H,2H2,1H3,(H,23,25)/t16-/m1/s1. The molecular weight excluding hydrogens is 342 g/mol. The maximum Gasteiger partial charge on any atom is 0.233 e. The molecule has 1 atom stereocenters. The zero-order chi connectivity index (χ0) is 17.9. The average Bonchev–Trinajstić information content (AvgIpc) is 3.32. The van der Waals surface area contributed by atoms with Crippen molar-refractivity contribution in [3.05, 3.63) is 77.8 Å². The highest BCUT2D eigenvalue weighted by Crippen LogP contribution is 2.33. The van der Waals surface area contributed by atoms with Gasteiger partial charge in [-0.3, -0.25) is 9.20 Å². The molecule has 1 aromatic carbocycles. The van der Waals surface area contributed by atoms with Gasteiger partial charge in [-0.25, -0.2) is 4.98 Å². The molecule has 1 N–H and O–H groups in total. The highest BCUT2D eigenvalue weighted by molar-refractivity contribution is 7.13. The van der Waals surface area contributed by atoms with Gasteiger partial charge in [0.15, 0.2) is 0 Å². The molecule has 0 aliphatic heterocycles. The summed E-state index contributed by atoms with van der Waals surface area (Å²) in [5.74, 6) is 0.520. The number of nitrogens with zero attached hydrogens (tertiary/aromatic N) is 2. The van der Waals surface area contributed by atoms with E-state index >= 15 is 0 Å². The van der Waals surface area contributed by atoms with Gasteiger partial charge in [-0.15, -0.1) is 11.3 Å². The van der Waals surface area contributed by atoms with Crippen molar-refractivity contribution < 1.29 is 4.79 Å². The lowest BCUT2D eigenvalue weighted by Gasteiger charge is -2.16. The molecule has 0 aliphatic rings. The molecule has 0 saturated carbocycles. The molecular formula is C21H19N3OS. The lowest BCUT2D eigenvalue weighted by Crippen LogP contribution is -2.21. The van der Waals surface area contributed by atoms with E-state index in [-0.39, 0.29) is 11.8 Å². The smallest absolute Gasteiger partial charge is 0.233 e. The van der Waals surface area contributed by atoms with E-state index < -0.39 is 0 Å². The zero-order valence-electron chi connectivity index (χ0n) is 14.4. The molecule has 0 aliphatic carbocycles. The average molecular weight is 361 g/mol. The van der Waals surface area contributed by atoms with Crippen LogP contribution in [0.1, 0.15) is 24.8 Å². The summed E-state index contributed by atoms with van der Waals surface area (Å²) in [6, 6.07) is 19.8. The van der Waals surface area contributed by atoms with E-state index in [4.69, 9.17) is 4.98 Å². The number of amides is 1. The molecule has 0 unspecified atom stereocenters. The van der Waals surface area contributed by atoms with Gasteiger partial charge in [-0.2, -0.15) is 0 Å². The van der Waals surface area contributed by atoms with Crippen molar-refractivity contribution in [2.24, 2.45) is 0 Å². The van der Waals surface area contributed by atoms with Crippen molar-refractivity contribution >= 4 is 28.7 Å². The van der Waals surface area contributed by atoms with E-state index in [0.29, 0.717) is 0 Å². The molecule has 4 nitrogen and oxygen atoms in total. The molecule has 3 aromatic heterocycles. The number of thiophene rings is 1. The molecule has 4 rings (SSSR count). The Kier molecular flexibility index (Phi) is 4.54. The lowest BCUT2D eigenvalue weighted by molar-refractivity contribution is -0.117. The summed E-state index contributed by atoms with van der Waals surface area (Å²) in [5.41, 5.74) is 2.65. The van der Waals surface area contributed by atoms with Crippen LogP contribution in [0, 0.1) is 0 Å². The van der Waals surface area contributed by atoms with Crippen molar-refractivity contribution in [2.45, 2.75) is 19.3 Å². The highest BCUT2D eigenvalue weighted by Gasteiger charge is 2.22. The van der Waals surface area contributed by atoms with Crippen LogP contribution in [0.2, 0.25) is 0 Å². The van der Waals surface area contributed by atoms with Crippen LogP contribution in [0.15, 0.2) is 72.2 Å². The van der Waals surface area contributed by atoms with Crippen LogP contribution >= 0.6 is 11.3 Å². The fourth-order valence-electron chi connectivity index (χ4n) is 3.16. The van der Waals surface area contributed by atoms with Crippen molar-refractivity contribution in [2.75, 3.05) is 5.32 Å². The first-order valence-corrected chi connectivity index (χ1v) is 9.52. The minimum absolute atomic E-state index is 0.0119. The van der Waals surface area contributed by atoms with Crippen LogP contribution in [-0.4, -0.2) is 15.3 Å². The van der Waals surface area contributed by atoms with Gasteiger partial charge in [0.1, 0.15) is 17.2 Å². The number of carbonyl (C=O) groups excluding carboxylic acids is 1. The monoisotopic (exact) mass is 361 g/mol. The van der Waals surface area contributed by atoms with E-state index in [1.54, 1.807) is 11.3 Å². The summed E-state index contributed by atoms with van der Waals surface area (Å²) in [6.07, 6.45) is 2.67. The largest absolute Gasteiger partial charge is 0.309 e. The van der Waals surface area contributed by atoms with E-state index in [1.807, 2.05) is 83.6 Å². The van der Waals surface area contributed by atoms with Gasteiger partial charge in [0.05, 0.1) is 10.8 Å². The van der Waals surface area contributed by atoms with Crippen molar-refractivity contribution in [1.82, 2.24) is 9.38 Å². The van der Waals surface area contributed by atoms with E-state index in [9.17, 15) is 4.79 Å². The third-order valence-corrected chi connectivity index (χ3v) is 5.33. The Morgan fingerprint density at radius 3 is 2.65 bits per heavy atom. The van der Waals surface area contributed by atoms with Crippen LogP contribution in [0.3, 0.4) is 0 Å². The Labute approximate surface area is 156 Å². The number of aromatic nitrogens is 2. The molecule has 26 heavy (non-hydrogen) atoms. The molecule has 0 spiro atoms. The quantitative estimate of drug-likeness (QED) is 0.531. The van der Waals surface area contributed by atoms with Gasteiger partial charge in [0, 0.05) is 6.20 Å². The number of hydrogen-bond donors (Lipinski definition) is 1. The van der Waals surface area contributed by atoms with Gasteiger partial charge < -0.3 is 5.32 Å². The number of hydrogen-bond acceptors (Lipinski definition) is 3. The number of pyridine rings is 1. The number of fused-ring (bicyclic) bond motifs is 1. The first-order chi connectivity index (χ1) is 12.8. The zero-order valence-corrected chi connectivity index (χ0v) is 15.2. The summed E-state index contributed by atoms with van der Waals surface area (Å²) in [6.45, 7) is 2.03. The Balaban J connectivity index is 1.74. The first kappa shape index (κ1) is 16.5. The normalized spacial score (nSPS) is 12.2. The molecule has 0 radical (unpaired) electrons. The predicted octanol–water partition coefficient (Wildman–Crippen LogP) is 5.20. The van der Waals surface area contributed by atoms with Gasteiger partial charge >= 0.3 is 0 Å². The minimum Gasteiger partial charge on any atom is -0.309 e. The molecule has 130 valence electrons. The van der Waals surface area contributed by atoms with Crippen molar-refractivity contribution in [1.29, 1.82) is 0 Å². The topological polar surface area (TPSA) is 46.4 Å². The van der Waals surface area contributed by atoms with Gasteiger partial charge in [-0.05, 0) is 35.6 Å². The molecule has 5 heteroatoms. The van der Waals surface area contributed by atoms with Crippen LogP contribution in [-0.2, 0) is 4.79 Å². The van der Waals surface area contributed by atoms with Gasteiger partial charge in [0.25, 0.3) is 0 Å². The summed E-state index contributed by atoms with van der Waals surface area (Å²) in [7, 11) is 0. The van der Waals surface area contributed by atoms with E-state index in [0.717, 1.165) is 34.0 Å². The maximum absolute atomic E-state index is 13.1. The second-order valence-electron chi connectivity index (χ2n) is 6.08. The lowest BCUT2D eigenvalue weighted by atomic mass is 9.96. The van der Waals surface area contributed by atoms with Gasteiger partial charge in [-0.1, -0.05) is 49.4 Å². The molecule has 0 saturated heterocycles. The molecule has 3 heterocycles. The summed E-state index contributed by atoms with van der Waals surface area (Å²) in [5, 5.41) is 5.16. The van der Waals surface area contributed by atoms with E-state index in [1.165, 1.54) is 0 Å². The molecule has 0 fully saturated rings. The minimum atomic E-state index is -0.193. The third kappa shape index (κ3) is 3.02. The maximum atomic E-state index is 13.1. The fraction of sp³-hybridized carbons (Fsp3) is 0.143. The van der Waals surface area contributed by atoms with Crippen molar-refractivity contribution in [3.8, 4) is 10.6 Å².